The molecule has 5 nitrogen and oxygen atoms in total. The van der Waals surface area contributed by atoms with Gasteiger partial charge in [-0.05, 0) is 45.0 Å². The Kier molecular flexibility index (Phi) is 4.69. The first-order chi connectivity index (χ1) is 11.4. The van der Waals surface area contributed by atoms with E-state index in [-0.39, 0.29) is 12.0 Å². The molecule has 0 fully saturated rings. The number of aryl methyl sites for hydroxylation is 1. The van der Waals surface area contributed by atoms with Crippen LogP contribution in [0.1, 0.15) is 29.2 Å². The molecule has 0 radical (unpaired) electrons. The SMILES string of the molecule is Cc1nc2ccc(NC(=O)c3cnc(OC(C)C)c(Cl)c3)cc2s1. The third kappa shape index (κ3) is 3.66. The van der Waals surface area contributed by atoms with Crippen LogP contribution in [-0.4, -0.2) is 22.0 Å². The zero-order valence-electron chi connectivity index (χ0n) is 13.5. The van der Waals surface area contributed by atoms with Crippen molar-refractivity contribution >= 4 is 44.7 Å². The maximum absolute atomic E-state index is 12.4. The van der Waals surface area contributed by atoms with Gasteiger partial charge in [0, 0.05) is 11.9 Å². The Morgan fingerprint density at radius 3 is 2.83 bits per heavy atom. The molecular formula is C17H16ClN3O2S. The molecule has 1 amide bonds. The highest BCUT2D eigenvalue weighted by Gasteiger charge is 2.12. The molecule has 124 valence electrons. The number of fused-ring (bicyclic) bond motifs is 1. The second-order valence-corrected chi connectivity index (χ2v) is 7.19. The summed E-state index contributed by atoms with van der Waals surface area (Å²) in [7, 11) is 0. The van der Waals surface area contributed by atoms with Gasteiger partial charge in [0.05, 0.1) is 26.9 Å². The number of thiazole rings is 1. The number of benzene rings is 1. The van der Waals surface area contributed by atoms with Gasteiger partial charge in [0.15, 0.2) is 0 Å². The molecule has 0 spiro atoms. The summed E-state index contributed by atoms with van der Waals surface area (Å²) in [4.78, 5) is 20.9. The van der Waals surface area contributed by atoms with Gasteiger partial charge in [-0.15, -0.1) is 11.3 Å². The molecule has 0 unspecified atom stereocenters. The maximum Gasteiger partial charge on any atom is 0.257 e. The van der Waals surface area contributed by atoms with E-state index in [1.165, 1.54) is 6.20 Å². The molecule has 0 aliphatic heterocycles. The van der Waals surface area contributed by atoms with Gasteiger partial charge in [-0.3, -0.25) is 4.79 Å². The highest BCUT2D eigenvalue weighted by atomic mass is 35.5. The van der Waals surface area contributed by atoms with Crippen LogP contribution in [0.15, 0.2) is 30.5 Å². The Bertz CT molecular complexity index is 908. The summed E-state index contributed by atoms with van der Waals surface area (Å²) in [5.74, 6) is 0.0471. The van der Waals surface area contributed by atoms with Crippen molar-refractivity contribution in [2.75, 3.05) is 5.32 Å². The first-order valence-electron chi connectivity index (χ1n) is 7.43. The summed E-state index contributed by atoms with van der Waals surface area (Å²) < 4.78 is 6.50. The lowest BCUT2D eigenvalue weighted by Gasteiger charge is -2.11. The number of halogens is 1. The van der Waals surface area contributed by atoms with Crippen molar-refractivity contribution < 1.29 is 9.53 Å². The van der Waals surface area contributed by atoms with Crippen molar-refractivity contribution in [2.45, 2.75) is 26.9 Å². The summed E-state index contributed by atoms with van der Waals surface area (Å²) in [6.07, 6.45) is 1.41. The number of hydrogen-bond donors (Lipinski definition) is 1. The standard InChI is InChI=1S/C17H16ClN3O2S/c1-9(2)23-17-13(18)6-11(8-19-17)16(22)21-12-4-5-14-15(7-12)24-10(3)20-14/h4-9H,1-3H3,(H,21,22). The molecule has 3 rings (SSSR count). The molecular weight excluding hydrogens is 346 g/mol. The summed E-state index contributed by atoms with van der Waals surface area (Å²) in [6, 6.07) is 7.17. The van der Waals surface area contributed by atoms with E-state index < -0.39 is 0 Å². The summed E-state index contributed by atoms with van der Waals surface area (Å²) in [5, 5.41) is 4.15. The van der Waals surface area contributed by atoms with Crippen molar-refractivity contribution in [3.63, 3.8) is 0 Å². The van der Waals surface area contributed by atoms with Crippen molar-refractivity contribution in [3.8, 4) is 5.88 Å². The third-order valence-corrected chi connectivity index (χ3v) is 4.37. The van der Waals surface area contributed by atoms with Gasteiger partial charge in [0.1, 0.15) is 5.02 Å². The third-order valence-electron chi connectivity index (χ3n) is 3.17. The Hall–Kier alpha value is -2.18. The summed E-state index contributed by atoms with van der Waals surface area (Å²) in [6.45, 7) is 5.73. The number of anilines is 1. The van der Waals surface area contributed by atoms with E-state index in [4.69, 9.17) is 16.3 Å². The van der Waals surface area contributed by atoms with Crippen molar-refractivity contribution in [3.05, 3.63) is 46.1 Å². The first-order valence-corrected chi connectivity index (χ1v) is 8.62. The Balaban J connectivity index is 1.79. The molecule has 1 aromatic carbocycles. The van der Waals surface area contributed by atoms with Gasteiger partial charge < -0.3 is 10.1 Å². The van der Waals surface area contributed by atoms with Crippen LogP contribution in [0, 0.1) is 6.92 Å². The van der Waals surface area contributed by atoms with Gasteiger partial charge in [0.25, 0.3) is 5.91 Å². The Labute approximate surface area is 148 Å². The van der Waals surface area contributed by atoms with Crippen LogP contribution < -0.4 is 10.1 Å². The van der Waals surface area contributed by atoms with Crippen molar-refractivity contribution in [1.82, 2.24) is 9.97 Å². The quantitative estimate of drug-likeness (QED) is 0.732. The molecule has 3 aromatic rings. The van der Waals surface area contributed by atoms with E-state index in [9.17, 15) is 4.79 Å². The van der Waals surface area contributed by atoms with Crippen molar-refractivity contribution in [2.24, 2.45) is 0 Å². The lowest BCUT2D eigenvalue weighted by Crippen LogP contribution is -2.13. The number of carbonyl (C=O) groups is 1. The number of rotatable bonds is 4. The molecule has 24 heavy (non-hydrogen) atoms. The van der Waals surface area contributed by atoms with E-state index in [1.807, 2.05) is 39.0 Å². The molecule has 7 heteroatoms. The summed E-state index contributed by atoms with van der Waals surface area (Å²) in [5.41, 5.74) is 2.00. The molecule has 0 atom stereocenters. The monoisotopic (exact) mass is 361 g/mol. The van der Waals surface area contributed by atoms with Gasteiger partial charge in [0.2, 0.25) is 5.88 Å². The lowest BCUT2D eigenvalue weighted by atomic mass is 10.2. The molecule has 1 N–H and O–H groups in total. The minimum absolute atomic E-state index is 0.0377. The van der Waals surface area contributed by atoms with E-state index in [0.717, 1.165) is 15.2 Å². The number of aromatic nitrogens is 2. The fourth-order valence-electron chi connectivity index (χ4n) is 2.18. The van der Waals surface area contributed by atoms with E-state index in [0.29, 0.717) is 22.2 Å². The van der Waals surface area contributed by atoms with E-state index in [1.54, 1.807) is 17.4 Å². The number of carbonyl (C=O) groups excluding carboxylic acids is 1. The molecule has 0 aliphatic carbocycles. The largest absolute Gasteiger partial charge is 0.474 e. The van der Waals surface area contributed by atoms with Crippen molar-refractivity contribution in [1.29, 1.82) is 0 Å². The predicted octanol–water partition coefficient (Wildman–Crippen LogP) is 4.69. The number of nitrogens with one attached hydrogen (secondary N) is 1. The molecule has 2 aromatic heterocycles. The second-order valence-electron chi connectivity index (χ2n) is 5.55. The second kappa shape index (κ2) is 6.75. The molecule has 0 bridgehead atoms. The average Bonchev–Trinajstić information content (AvgIpc) is 2.88. The van der Waals surface area contributed by atoms with Crippen LogP contribution in [0.5, 0.6) is 5.88 Å². The molecule has 0 aliphatic rings. The molecule has 0 saturated heterocycles. The minimum atomic E-state index is -0.277. The van der Waals surface area contributed by atoms with Gasteiger partial charge >= 0.3 is 0 Å². The van der Waals surface area contributed by atoms with E-state index in [2.05, 4.69) is 15.3 Å². The lowest BCUT2D eigenvalue weighted by molar-refractivity contribution is 0.102. The molecule has 2 heterocycles. The Morgan fingerprint density at radius 2 is 2.12 bits per heavy atom. The topological polar surface area (TPSA) is 64.1 Å². The zero-order valence-corrected chi connectivity index (χ0v) is 15.0. The number of ether oxygens (including phenoxy) is 1. The smallest absolute Gasteiger partial charge is 0.257 e. The molecule has 0 saturated carbocycles. The van der Waals surface area contributed by atoms with Crippen LogP contribution >= 0.6 is 22.9 Å². The van der Waals surface area contributed by atoms with Crippen LogP contribution in [0.4, 0.5) is 5.69 Å². The normalized spacial score (nSPS) is 11.0. The van der Waals surface area contributed by atoms with Crippen LogP contribution in [0.3, 0.4) is 0 Å². The van der Waals surface area contributed by atoms with Gasteiger partial charge in [-0.1, -0.05) is 11.6 Å². The minimum Gasteiger partial charge on any atom is -0.474 e. The van der Waals surface area contributed by atoms with Crippen LogP contribution in [0.2, 0.25) is 5.02 Å². The highest BCUT2D eigenvalue weighted by Crippen LogP contribution is 2.26. The van der Waals surface area contributed by atoms with Crippen LogP contribution in [-0.2, 0) is 0 Å². The summed E-state index contributed by atoms with van der Waals surface area (Å²) >= 11 is 7.71. The predicted molar refractivity (Wildman–Crippen MR) is 97.3 cm³/mol. The Morgan fingerprint density at radius 1 is 1.33 bits per heavy atom. The average molecular weight is 362 g/mol. The number of pyridine rings is 1. The van der Waals surface area contributed by atoms with Gasteiger partial charge in [-0.25, -0.2) is 9.97 Å². The number of hydrogen-bond acceptors (Lipinski definition) is 5. The van der Waals surface area contributed by atoms with Crippen LogP contribution in [0.25, 0.3) is 10.2 Å². The zero-order chi connectivity index (χ0) is 17.3. The highest BCUT2D eigenvalue weighted by molar-refractivity contribution is 7.18. The first kappa shape index (κ1) is 16.7. The maximum atomic E-state index is 12.4. The fourth-order valence-corrected chi connectivity index (χ4v) is 3.26. The number of nitrogens with zero attached hydrogens (tertiary/aromatic N) is 2. The van der Waals surface area contributed by atoms with E-state index >= 15 is 0 Å². The number of amides is 1. The van der Waals surface area contributed by atoms with Gasteiger partial charge in [-0.2, -0.15) is 0 Å². The fraction of sp³-hybridized carbons (Fsp3) is 0.235.